The fraction of sp³-hybridized carbons (Fsp3) is 0.529. The van der Waals surface area contributed by atoms with Gasteiger partial charge in [-0.15, -0.1) is 0 Å². The van der Waals surface area contributed by atoms with E-state index in [-0.39, 0.29) is 18.4 Å². The fourth-order valence-corrected chi connectivity index (χ4v) is 4.02. The molecule has 0 saturated carbocycles. The van der Waals surface area contributed by atoms with Gasteiger partial charge in [-0.3, -0.25) is 9.69 Å². The lowest BCUT2D eigenvalue weighted by Gasteiger charge is -2.34. The van der Waals surface area contributed by atoms with E-state index in [1.54, 1.807) is 6.07 Å². The number of hydrogen-bond donors (Lipinski definition) is 2. The maximum atomic E-state index is 12.4. The summed E-state index contributed by atoms with van der Waals surface area (Å²) in [5.41, 5.74) is 1.70. The Labute approximate surface area is 146 Å². The van der Waals surface area contributed by atoms with E-state index in [1.807, 2.05) is 12.1 Å². The number of piperazine rings is 1. The van der Waals surface area contributed by atoms with Gasteiger partial charge in [-0.25, -0.2) is 4.98 Å². The first-order valence-electron chi connectivity index (χ1n) is 8.43. The summed E-state index contributed by atoms with van der Waals surface area (Å²) >= 11 is 5.98. The first-order chi connectivity index (χ1) is 11.6. The van der Waals surface area contributed by atoms with Gasteiger partial charge >= 0.3 is 0 Å². The zero-order valence-corrected chi connectivity index (χ0v) is 14.5. The van der Waals surface area contributed by atoms with Gasteiger partial charge in [-0.2, -0.15) is 0 Å². The van der Waals surface area contributed by atoms with Crippen LogP contribution in [0.1, 0.15) is 12.2 Å². The summed E-state index contributed by atoms with van der Waals surface area (Å²) in [7, 11) is 2.16. The van der Waals surface area contributed by atoms with E-state index in [1.165, 1.54) is 0 Å². The van der Waals surface area contributed by atoms with Crippen LogP contribution < -0.4 is 5.32 Å². The molecule has 2 N–H and O–H groups in total. The van der Waals surface area contributed by atoms with Gasteiger partial charge in [0.1, 0.15) is 5.82 Å². The Balaban J connectivity index is 1.36. The normalized spacial score (nSPS) is 25.1. The molecule has 0 bridgehead atoms. The Kier molecular flexibility index (Phi) is 4.20. The van der Waals surface area contributed by atoms with Crippen LogP contribution in [0.3, 0.4) is 0 Å². The number of carbonyl (C=O) groups excluding carboxylic acids is 1. The van der Waals surface area contributed by atoms with Gasteiger partial charge in [0.25, 0.3) is 0 Å². The lowest BCUT2D eigenvalue weighted by atomic mass is 10.1. The number of amides is 1. The first-order valence-corrected chi connectivity index (χ1v) is 8.81. The minimum atomic E-state index is 0.0263. The number of benzene rings is 1. The van der Waals surface area contributed by atoms with Crippen molar-refractivity contribution in [3.8, 4) is 0 Å². The molecule has 2 aromatic rings. The standard InChI is InChI=1S/C17H22ClN5O/c1-22-4-5-23-9-12(7-13(23)10-22)19-17(24)8-16-20-14-3-2-11(18)6-15(14)21-16/h2-3,6,12-13H,4-5,7-10H2,1H3,(H,19,24)(H,20,21)/t12-,13-/m0/s1. The third-order valence-electron chi connectivity index (χ3n) is 5.01. The highest BCUT2D eigenvalue weighted by Gasteiger charge is 2.35. The van der Waals surface area contributed by atoms with Crippen LogP contribution in [0, 0.1) is 0 Å². The van der Waals surface area contributed by atoms with Gasteiger partial charge in [-0.05, 0) is 31.7 Å². The van der Waals surface area contributed by atoms with E-state index in [0.29, 0.717) is 16.9 Å². The van der Waals surface area contributed by atoms with Crippen LogP contribution >= 0.6 is 11.6 Å². The molecule has 7 heteroatoms. The van der Waals surface area contributed by atoms with Crippen molar-refractivity contribution in [2.24, 2.45) is 0 Å². The average Bonchev–Trinajstić information content (AvgIpc) is 3.08. The second-order valence-corrected chi connectivity index (χ2v) is 7.37. The number of hydrogen-bond acceptors (Lipinski definition) is 4. The minimum absolute atomic E-state index is 0.0263. The van der Waals surface area contributed by atoms with Crippen molar-refractivity contribution in [1.29, 1.82) is 0 Å². The molecule has 2 aliphatic heterocycles. The zero-order chi connectivity index (χ0) is 16.7. The number of nitrogens with zero attached hydrogens (tertiary/aromatic N) is 3. The molecule has 1 amide bonds. The Morgan fingerprint density at radius 3 is 3.17 bits per heavy atom. The number of aromatic nitrogens is 2. The van der Waals surface area contributed by atoms with Gasteiger partial charge in [0.05, 0.1) is 17.5 Å². The van der Waals surface area contributed by atoms with Crippen LogP contribution in [0.2, 0.25) is 5.02 Å². The number of likely N-dealkylation sites (N-methyl/N-ethyl adjacent to an activating group) is 1. The predicted octanol–water partition coefficient (Wildman–Crippen LogP) is 1.26. The molecular weight excluding hydrogens is 326 g/mol. The van der Waals surface area contributed by atoms with Crippen molar-refractivity contribution in [3.63, 3.8) is 0 Å². The minimum Gasteiger partial charge on any atom is -0.352 e. The maximum absolute atomic E-state index is 12.4. The molecule has 2 fully saturated rings. The highest BCUT2D eigenvalue weighted by atomic mass is 35.5. The second-order valence-electron chi connectivity index (χ2n) is 6.93. The SMILES string of the molecule is CN1CCN2C[C@@H](NC(=O)Cc3nc4ccc(Cl)cc4[nH]3)C[C@H]2C1. The number of nitrogens with one attached hydrogen (secondary N) is 2. The highest BCUT2D eigenvalue weighted by Crippen LogP contribution is 2.22. The van der Waals surface area contributed by atoms with E-state index in [4.69, 9.17) is 11.6 Å². The van der Waals surface area contributed by atoms with Crippen molar-refractivity contribution in [2.75, 3.05) is 33.2 Å². The number of H-pyrrole nitrogens is 1. The number of fused-ring (bicyclic) bond motifs is 2. The van der Waals surface area contributed by atoms with Crippen molar-refractivity contribution in [1.82, 2.24) is 25.1 Å². The lowest BCUT2D eigenvalue weighted by Crippen LogP contribution is -2.48. The summed E-state index contributed by atoms with van der Waals surface area (Å²) in [6.45, 7) is 4.26. The molecule has 2 aliphatic rings. The molecule has 0 unspecified atom stereocenters. The second kappa shape index (κ2) is 6.35. The van der Waals surface area contributed by atoms with Gasteiger partial charge in [0.15, 0.2) is 0 Å². The summed E-state index contributed by atoms with van der Waals surface area (Å²) in [5, 5.41) is 3.83. The van der Waals surface area contributed by atoms with Crippen molar-refractivity contribution >= 4 is 28.5 Å². The van der Waals surface area contributed by atoms with Crippen LogP contribution in [0.4, 0.5) is 0 Å². The molecule has 1 aromatic carbocycles. The monoisotopic (exact) mass is 347 g/mol. The van der Waals surface area contributed by atoms with Gasteiger partial charge in [-0.1, -0.05) is 11.6 Å². The van der Waals surface area contributed by atoms with E-state index >= 15 is 0 Å². The summed E-state index contributed by atoms with van der Waals surface area (Å²) in [5.74, 6) is 0.707. The van der Waals surface area contributed by atoms with Gasteiger partial charge in [0, 0.05) is 43.3 Å². The molecule has 128 valence electrons. The van der Waals surface area contributed by atoms with Gasteiger partial charge < -0.3 is 15.2 Å². The molecular formula is C17H22ClN5O. The molecule has 3 heterocycles. The summed E-state index contributed by atoms with van der Waals surface area (Å²) < 4.78 is 0. The summed E-state index contributed by atoms with van der Waals surface area (Å²) in [6.07, 6.45) is 1.30. The van der Waals surface area contributed by atoms with E-state index in [2.05, 4.69) is 32.1 Å². The van der Waals surface area contributed by atoms with E-state index < -0.39 is 0 Å². The van der Waals surface area contributed by atoms with Gasteiger partial charge in [0.2, 0.25) is 5.91 Å². The number of aromatic amines is 1. The molecule has 0 spiro atoms. The largest absolute Gasteiger partial charge is 0.352 e. The molecule has 1 aromatic heterocycles. The third kappa shape index (κ3) is 3.27. The fourth-order valence-electron chi connectivity index (χ4n) is 3.85. The maximum Gasteiger partial charge on any atom is 0.227 e. The predicted molar refractivity (Wildman–Crippen MR) is 94.2 cm³/mol. The number of halogens is 1. The van der Waals surface area contributed by atoms with Crippen molar-refractivity contribution < 1.29 is 4.79 Å². The number of imidazole rings is 1. The Bertz CT molecular complexity index is 761. The summed E-state index contributed by atoms with van der Waals surface area (Å²) in [6, 6.07) is 6.31. The zero-order valence-electron chi connectivity index (χ0n) is 13.8. The molecule has 2 atom stereocenters. The van der Waals surface area contributed by atoms with Crippen LogP contribution in [0.25, 0.3) is 11.0 Å². The molecule has 0 radical (unpaired) electrons. The smallest absolute Gasteiger partial charge is 0.227 e. The Morgan fingerprint density at radius 2 is 2.29 bits per heavy atom. The lowest BCUT2D eigenvalue weighted by molar-refractivity contribution is -0.121. The molecule has 0 aliphatic carbocycles. The number of rotatable bonds is 3. The third-order valence-corrected chi connectivity index (χ3v) is 5.24. The Morgan fingerprint density at radius 1 is 1.42 bits per heavy atom. The van der Waals surface area contributed by atoms with Crippen molar-refractivity contribution in [2.45, 2.75) is 24.9 Å². The molecule has 6 nitrogen and oxygen atoms in total. The quantitative estimate of drug-likeness (QED) is 0.877. The van der Waals surface area contributed by atoms with Crippen molar-refractivity contribution in [3.05, 3.63) is 29.0 Å². The van der Waals surface area contributed by atoms with E-state index in [0.717, 1.165) is 43.6 Å². The van der Waals surface area contributed by atoms with Crippen LogP contribution in [-0.4, -0.2) is 71.0 Å². The first kappa shape index (κ1) is 15.9. The molecule has 24 heavy (non-hydrogen) atoms. The van der Waals surface area contributed by atoms with Crippen LogP contribution in [0.15, 0.2) is 18.2 Å². The topological polar surface area (TPSA) is 64.3 Å². The average molecular weight is 348 g/mol. The highest BCUT2D eigenvalue weighted by molar-refractivity contribution is 6.31. The molecule has 2 saturated heterocycles. The van der Waals surface area contributed by atoms with E-state index in [9.17, 15) is 4.79 Å². The Hall–Kier alpha value is -1.63. The summed E-state index contributed by atoms with van der Waals surface area (Å²) in [4.78, 5) is 24.8. The van der Waals surface area contributed by atoms with Crippen LogP contribution in [-0.2, 0) is 11.2 Å². The number of carbonyl (C=O) groups is 1. The molecule has 4 rings (SSSR count). The van der Waals surface area contributed by atoms with Crippen LogP contribution in [0.5, 0.6) is 0 Å².